The lowest BCUT2D eigenvalue weighted by atomic mass is 9.91. The summed E-state index contributed by atoms with van der Waals surface area (Å²) < 4.78 is 0.925. The van der Waals surface area contributed by atoms with Gasteiger partial charge in [-0.15, -0.1) is 0 Å². The fraction of sp³-hybridized carbons (Fsp3) is 0.429. The van der Waals surface area contributed by atoms with Crippen LogP contribution in [0.15, 0.2) is 28.7 Å². The summed E-state index contributed by atoms with van der Waals surface area (Å²) in [4.78, 5) is 22.3. The third-order valence-corrected chi connectivity index (χ3v) is 3.57. The molecule has 0 heterocycles. The molecule has 0 bridgehead atoms. The van der Waals surface area contributed by atoms with Crippen LogP contribution in [0, 0.1) is 0 Å². The van der Waals surface area contributed by atoms with Crippen molar-refractivity contribution in [2.45, 2.75) is 25.9 Å². The maximum absolute atomic E-state index is 11.6. The number of amides is 2. The van der Waals surface area contributed by atoms with Crippen LogP contribution in [-0.4, -0.2) is 30.0 Å². The van der Waals surface area contributed by atoms with Crippen molar-refractivity contribution in [3.63, 3.8) is 0 Å². The summed E-state index contributed by atoms with van der Waals surface area (Å²) >= 11 is 3.34. The number of aliphatic hydroxyl groups is 1. The average molecular weight is 343 g/mol. The van der Waals surface area contributed by atoms with Crippen molar-refractivity contribution < 1.29 is 14.7 Å². The molecule has 0 fully saturated rings. The Balaban J connectivity index is 2.63. The lowest BCUT2D eigenvalue weighted by Crippen LogP contribution is -2.44. The van der Waals surface area contributed by atoms with E-state index in [1.54, 1.807) is 0 Å². The summed E-state index contributed by atoms with van der Waals surface area (Å²) in [6.45, 7) is 3.21. The number of rotatable bonds is 6. The van der Waals surface area contributed by atoms with Gasteiger partial charge in [0.15, 0.2) is 0 Å². The van der Waals surface area contributed by atoms with Gasteiger partial charge >= 0.3 is 0 Å². The smallest absolute Gasteiger partial charge is 0.239 e. The summed E-state index contributed by atoms with van der Waals surface area (Å²) in [5.41, 5.74) is -0.380. The van der Waals surface area contributed by atoms with Gasteiger partial charge in [-0.05, 0) is 24.1 Å². The molecular weight excluding hydrogens is 324 g/mol. The van der Waals surface area contributed by atoms with Crippen LogP contribution in [0.1, 0.15) is 25.8 Å². The molecule has 0 aliphatic heterocycles. The molecule has 0 saturated carbocycles. The molecule has 20 heavy (non-hydrogen) atoms. The number of halogens is 1. The Morgan fingerprint density at radius 2 is 1.85 bits per heavy atom. The largest absolute Gasteiger partial charge is 0.383 e. The second kappa shape index (κ2) is 7.40. The quantitative estimate of drug-likeness (QED) is 0.729. The topological polar surface area (TPSA) is 78.4 Å². The second-order valence-corrected chi connectivity index (χ2v) is 5.49. The molecule has 1 aromatic carbocycles. The van der Waals surface area contributed by atoms with Crippen LogP contribution in [0.2, 0.25) is 0 Å². The number of nitrogens with one attached hydrogen (secondary N) is 2. The van der Waals surface area contributed by atoms with Gasteiger partial charge in [0.1, 0.15) is 5.60 Å². The highest BCUT2D eigenvalue weighted by Crippen LogP contribution is 2.25. The average Bonchev–Trinajstić information content (AvgIpc) is 2.43. The number of hydrogen-bond donors (Lipinski definition) is 3. The molecule has 0 saturated heterocycles. The van der Waals surface area contributed by atoms with Crippen molar-refractivity contribution in [1.82, 2.24) is 10.6 Å². The zero-order valence-electron chi connectivity index (χ0n) is 11.6. The van der Waals surface area contributed by atoms with Crippen LogP contribution in [0.3, 0.4) is 0 Å². The molecule has 110 valence electrons. The highest BCUT2D eigenvalue weighted by molar-refractivity contribution is 9.10. The number of carbonyl (C=O) groups is 2. The van der Waals surface area contributed by atoms with E-state index in [1.165, 1.54) is 6.92 Å². The van der Waals surface area contributed by atoms with Gasteiger partial charge in [-0.2, -0.15) is 0 Å². The first-order valence-corrected chi connectivity index (χ1v) is 7.16. The highest BCUT2D eigenvalue weighted by Gasteiger charge is 2.27. The van der Waals surface area contributed by atoms with Gasteiger partial charge in [-0.3, -0.25) is 9.59 Å². The van der Waals surface area contributed by atoms with Gasteiger partial charge < -0.3 is 15.7 Å². The minimum atomic E-state index is -1.12. The fourth-order valence-corrected chi connectivity index (χ4v) is 1.97. The monoisotopic (exact) mass is 342 g/mol. The Morgan fingerprint density at radius 3 is 2.35 bits per heavy atom. The number of hydrogen-bond acceptors (Lipinski definition) is 3. The fourth-order valence-electron chi connectivity index (χ4n) is 1.70. The molecule has 1 atom stereocenters. The molecule has 1 aromatic rings. The van der Waals surface area contributed by atoms with Crippen molar-refractivity contribution >= 4 is 27.7 Å². The normalized spacial score (nSPS) is 13.4. The molecule has 2 amide bonds. The SMILES string of the molecule is CC[C@](O)(CNC(=O)CNC(C)=O)c1ccc(Br)cc1. The van der Waals surface area contributed by atoms with Crippen molar-refractivity contribution in [3.05, 3.63) is 34.3 Å². The first-order valence-electron chi connectivity index (χ1n) is 6.37. The van der Waals surface area contributed by atoms with E-state index in [1.807, 2.05) is 31.2 Å². The summed E-state index contributed by atoms with van der Waals surface area (Å²) in [6, 6.07) is 7.31. The van der Waals surface area contributed by atoms with Crippen LogP contribution in [0.25, 0.3) is 0 Å². The molecule has 0 aliphatic rings. The highest BCUT2D eigenvalue weighted by atomic mass is 79.9. The molecule has 0 unspecified atom stereocenters. The van der Waals surface area contributed by atoms with E-state index in [-0.39, 0.29) is 24.9 Å². The molecule has 0 aromatic heterocycles. The number of benzene rings is 1. The van der Waals surface area contributed by atoms with Gasteiger partial charge in [0.2, 0.25) is 11.8 Å². The molecule has 6 heteroatoms. The molecule has 0 aliphatic carbocycles. The third kappa shape index (κ3) is 4.94. The van der Waals surface area contributed by atoms with Gasteiger partial charge in [0, 0.05) is 11.4 Å². The van der Waals surface area contributed by atoms with Gasteiger partial charge in [-0.1, -0.05) is 35.0 Å². The van der Waals surface area contributed by atoms with Crippen LogP contribution in [0.4, 0.5) is 0 Å². The minimum absolute atomic E-state index is 0.0878. The maximum atomic E-state index is 11.6. The summed E-state index contributed by atoms with van der Waals surface area (Å²) in [7, 11) is 0. The van der Waals surface area contributed by atoms with E-state index >= 15 is 0 Å². The lowest BCUT2D eigenvalue weighted by molar-refractivity contribution is -0.125. The van der Waals surface area contributed by atoms with Crippen LogP contribution >= 0.6 is 15.9 Å². The standard InChI is InChI=1S/C14H19BrN2O3/c1-3-14(20,11-4-6-12(15)7-5-11)9-17-13(19)8-16-10(2)18/h4-7,20H,3,8-9H2,1-2H3,(H,16,18)(H,17,19)/t14-/m0/s1. The Kier molecular flexibility index (Phi) is 6.16. The molecule has 0 spiro atoms. The van der Waals surface area contributed by atoms with Crippen molar-refractivity contribution in [3.8, 4) is 0 Å². The molecule has 5 nitrogen and oxygen atoms in total. The Morgan fingerprint density at radius 1 is 1.25 bits per heavy atom. The van der Waals surface area contributed by atoms with E-state index in [4.69, 9.17) is 0 Å². The number of carbonyl (C=O) groups excluding carboxylic acids is 2. The van der Waals surface area contributed by atoms with E-state index in [9.17, 15) is 14.7 Å². The summed E-state index contributed by atoms with van der Waals surface area (Å²) in [5, 5.41) is 15.6. The molecule has 3 N–H and O–H groups in total. The van der Waals surface area contributed by atoms with Crippen LogP contribution in [-0.2, 0) is 15.2 Å². The molecule has 1 rings (SSSR count). The predicted octanol–water partition coefficient (Wildman–Crippen LogP) is 1.30. The predicted molar refractivity (Wildman–Crippen MR) is 80.0 cm³/mol. The van der Waals surface area contributed by atoms with Crippen molar-refractivity contribution in [1.29, 1.82) is 0 Å². The summed E-state index contributed by atoms with van der Waals surface area (Å²) in [5.74, 6) is -0.594. The first kappa shape index (κ1) is 16.7. The van der Waals surface area contributed by atoms with Gasteiger partial charge in [0.05, 0.1) is 13.1 Å². The lowest BCUT2D eigenvalue weighted by Gasteiger charge is -2.27. The van der Waals surface area contributed by atoms with Crippen LogP contribution in [0.5, 0.6) is 0 Å². The Bertz CT molecular complexity index is 476. The van der Waals surface area contributed by atoms with E-state index in [0.29, 0.717) is 6.42 Å². The van der Waals surface area contributed by atoms with Crippen molar-refractivity contribution in [2.24, 2.45) is 0 Å². The zero-order chi connectivity index (χ0) is 15.2. The Labute approximate surface area is 126 Å². The van der Waals surface area contributed by atoms with Gasteiger partial charge in [0.25, 0.3) is 0 Å². The van der Waals surface area contributed by atoms with E-state index in [0.717, 1.165) is 10.0 Å². The Hall–Kier alpha value is -1.40. The first-order chi connectivity index (χ1) is 9.37. The van der Waals surface area contributed by atoms with Crippen molar-refractivity contribution in [2.75, 3.05) is 13.1 Å². The van der Waals surface area contributed by atoms with Crippen LogP contribution < -0.4 is 10.6 Å². The second-order valence-electron chi connectivity index (χ2n) is 4.58. The zero-order valence-corrected chi connectivity index (χ0v) is 13.2. The maximum Gasteiger partial charge on any atom is 0.239 e. The van der Waals surface area contributed by atoms with Gasteiger partial charge in [-0.25, -0.2) is 0 Å². The minimum Gasteiger partial charge on any atom is -0.383 e. The third-order valence-electron chi connectivity index (χ3n) is 3.04. The molecular formula is C14H19BrN2O3. The van der Waals surface area contributed by atoms with E-state index < -0.39 is 5.60 Å². The summed E-state index contributed by atoms with van der Waals surface area (Å²) in [6.07, 6.45) is 0.467. The van der Waals surface area contributed by atoms with E-state index in [2.05, 4.69) is 26.6 Å². The molecule has 0 radical (unpaired) electrons.